The van der Waals surface area contributed by atoms with E-state index in [0.29, 0.717) is 6.42 Å². The molecule has 0 aliphatic carbocycles. The first-order valence-electron chi connectivity index (χ1n) is 5.20. The predicted octanol–water partition coefficient (Wildman–Crippen LogP) is 0.956. The summed E-state index contributed by atoms with van der Waals surface area (Å²) < 4.78 is 13.8. The quantitative estimate of drug-likeness (QED) is 0.739. The number of carbonyl (C=O) groups excluding carboxylic acids is 2. The zero-order chi connectivity index (χ0) is 13.3. The summed E-state index contributed by atoms with van der Waals surface area (Å²) in [4.78, 5) is 30.4. The number of hydrogen-bond acceptors (Lipinski definition) is 6. The van der Waals surface area contributed by atoms with Gasteiger partial charge in [0.1, 0.15) is 13.2 Å². The van der Waals surface area contributed by atoms with Gasteiger partial charge >= 0.3 is 18.1 Å². The molecule has 1 N–H and O–H groups in total. The highest BCUT2D eigenvalue weighted by atomic mass is 16.8. The number of hydrogen-bond donors (Lipinski definition) is 1. The van der Waals surface area contributed by atoms with Gasteiger partial charge in [-0.25, -0.2) is 4.79 Å². The Kier molecular flexibility index (Phi) is 7.49. The van der Waals surface area contributed by atoms with Gasteiger partial charge in [-0.1, -0.05) is 13.8 Å². The van der Waals surface area contributed by atoms with Crippen LogP contribution >= 0.6 is 0 Å². The summed E-state index contributed by atoms with van der Waals surface area (Å²) in [6, 6.07) is 0. The average molecular weight is 248 g/mol. The molecular formula is C10H16O7. The van der Waals surface area contributed by atoms with Crippen LogP contribution in [0.1, 0.15) is 26.7 Å². The van der Waals surface area contributed by atoms with Crippen molar-refractivity contribution in [3.8, 4) is 0 Å². The van der Waals surface area contributed by atoms with Crippen LogP contribution in [-0.2, 0) is 23.8 Å². The molecular weight excluding hydrogens is 232 g/mol. The number of carboxylic acids is 1. The second-order valence-electron chi connectivity index (χ2n) is 3.08. The van der Waals surface area contributed by atoms with Crippen LogP contribution in [0.25, 0.3) is 0 Å². The lowest BCUT2D eigenvalue weighted by Crippen LogP contribution is -2.20. The Morgan fingerprint density at radius 2 is 2.00 bits per heavy atom. The van der Waals surface area contributed by atoms with E-state index in [-0.39, 0.29) is 25.6 Å². The molecule has 7 heteroatoms. The molecule has 1 saturated heterocycles. The fourth-order valence-electron chi connectivity index (χ4n) is 0.735. The number of ether oxygens (including phenoxy) is 3. The number of aliphatic carboxylic acids is 1. The van der Waals surface area contributed by atoms with E-state index in [1.165, 1.54) is 0 Å². The summed E-state index contributed by atoms with van der Waals surface area (Å²) in [6.45, 7) is 3.54. The Hall–Kier alpha value is -1.79. The lowest BCUT2D eigenvalue weighted by Gasteiger charge is -2.05. The molecule has 17 heavy (non-hydrogen) atoms. The van der Waals surface area contributed by atoms with Crippen molar-refractivity contribution in [3.05, 3.63) is 0 Å². The van der Waals surface area contributed by atoms with E-state index in [0.717, 1.165) is 0 Å². The van der Waals surface area contributed by atoms with Crippen LogP contribution in [0.3, 0.4) is 0 Å². The van der Waals surface area contributed by atoms with Crippen LogP contribution in [-0.4, -0.2) is 42.5 Å². The monoisotopic (exact) mass is 248 g/mol. The van der Waals surface area contributed by atoms with Crippen molar-refractivity contribution in [1.29, 1.82) is 0 Å². The number of esters is 1. The van der Waals surface area contributed by atoms with Gasteiger partial charge in [0.25, 0.3) is 0 Å². The Morgan fingerprint density at radius 1 is 1.41 bits per heavy atom. The van der Waals surface area contributed by atoms with Crippen LogP contribution in [0.4, 0.5) is 4.79 Å². The van der Waals surface area contributed by atoms with Crippen LogP contribution in [0.15, 0.2) is 0 Å². The minimum absolute atomic E-state index is 0.0818. The molecule has 0 radical (unpaired) electrons. The summed E-state index contributed by atoms with van der Waals surface area (Å²) in [5, 5.41) is 7.72. The summed E-state index contributed by atoms with van der Waals surface area (Å²) in [7, 11) is 0. The summed E-state index contributed by atoms with van der Waals surface area (Å²) in [5.74, 6) is -1.05. The Morgan fingerprint density at radius 3 is 2.35 bits per heavy atom. The van der Waals surface area contributed by atoms with Gasteiger partial charge in [-0.3, -0.25) is 9.59 Å². The molecule has 1 unspecified atom stereocenters. The number of rotatable bonds is 4. The van der Waals surface area contributed by atoms with E-state index in [1.54, 1.807) is 13.8 Å². The van der Waals surface area contributed by atoms with Crippen molar-refractivity contribution in [3.63, 3.8) is 0 Å². The standard InChI is InChI=1S/C7H10O5.C3H6O2/c1-2-6(8)10-3-5-4-11-7(9)12-5;1-2-3(4)5/h5H,2-4H2,1H3;2H2,1H3,(H,4,5). The van der Waals surface area contributed by atoms with Crippen molar-refractivity contribution in [2.75, 3.05) is 13.2 Å². The minimum Gasteiger partial charge on any atom is -0.481 e. The van der Waals surface area contributed by atoms with E-state index in [9.17, 15) is 14.4 Å². The molecule has 7 nitrogen and oxygen atoms in total. The van der Waals surface area contributed by atoms with Crippen LogP contribution < -0.4 is 0 Å². The predicted molar refractivity (Wildman–Crippen MR) is 55.4 cm³/mol. The van der Waals surface area contributed by atoms with Crippen LogP contribution in [0.2, 0.25) is 0 Å². The van der Waals surface area contributed by atoms with Crippen molar-refractivity contribution in [2.45, 2.75) is 32.8 Å². The van der Waals surface area contributed by atoms with Gasteiger partial charge in [0.05, 0.1) is 0 Å². The molecule has 0 spiro atoms. The minimum atomic E-state index is -0.745. The summed E-state index contributed by atoms with van der Waals surface area (Å²) in [5.41, 5.74) is 0. The Labute approximate surface area is 98.6 Å². The van der Waals surface area contributed by atoms with Crippen molar-refractivity contribution in [1.82, 2.24) is 0 Å². The molecule has 0 amide bonds. The highest BCUT2D eigenvalue weighted by molar-refractivity contribution is 5.69. The van der Waals surface area contributed by atoms with E-state index >= 15 is 0 Å². The Balaban J connectivity index is 0.000000437. The molecule has 1 rings (SSSR count). The zero-order valence-corrected chi connectivity index (χ0v) is 9.80. The summed E-state index contributed by atoms with van der Waals surface area (Å²) in [6.07, 6.45) is -0.595. The molecule has 0 aromatic carbocycles. The highest BCUT2D eigenvalue weighted by Crippen LogP contribution is 2.06. The lowest BCUT2D eigenvalue weighted by molar-refractivity contribution is -0.145. The first-order valence-corrected chi connectivity index (χ1v) is 5.20. The number of cyclic esters (lactones) is 2. The highest BCUT2D eigenvalue weighted by Gasteiger charge is 2.25. The molecule has 0 aromatic rings. The first-order chi connectivity index (χ1) is 7.99. The van der Waals surface area contributed by atoms with Gasteiger partial charge in [0, 0.05) is 12.8 Å². The van der Waals surface area contributed by atoms with Crippen LogP contribution in [0, 0.1) is 0 Å². The maximum Gasteiger partial charge on any atom is 0.508 e. The Bertz CT molecular complexity index is 274. The van der Waals surface area contributed by atoms with Gasteiger partial charge < -0.3 is 19.3 Å². The lowest BCUT2D eigenvalue weighted by atomic mass is 10.4. The summed E-state index contributed by atoms with van der Waals surface area (Å²) >= 11 is 0. The third-order valence-electron chi connectivity index (χ3n) is 1.67. The maximum absolute atomic E-state index is 10.6. The average Bonchev–Trinajstić information content (AvgIpc) is 2.72. The van der Waals surface area contributed by atoms with E-state index < -0.39 is 18.2 Å². The molecule has 1 heterocycles. The molecule has 1 aliphatic heterocycles. The molecule has 0 aromatic heterocycles. The van der Waals surface area contributed by atoms with Crippen molar-refractivity contribution < 1.29 is 33.7 Å². The van der Waals surface area contributed by atoms with Gasteiger partial charge in [0.15, 0.2) is 6.10 Å². The van der Waals surface area contributed by atoms with Gasteiger partial charge in [0.2, 0.25) is 0 Å². The van der Waals surface area contributed by atoms with Crippen LogP contribution in [0.5, 0.6) is 0 Å². The SMILES string of the molecule is CCC(=O)O.CCC(=O)OCC1COC(=O)O1. The third-order valence-corrected chi connectivity index (χ3v) is 1.67. The van der Waals surface area contributed by atoms with E-state index in [1.807, 2.05) is 0 Å². The second kappa shape index (κ2) is 8.37. The fourth-order valence-corrected chi connectivity index (χ4v) is 0.735. The van der Waals surface area contributed by atoms with Crippen molar-refractivity contribution >= 4 is 18.1 Å². The normalized spacial score (nSPS) is 17.3. The number of carboxylic acid groups (broad SMARTS) is 1. The fraction of sp³-hybridized carbons (Fsp3) is 0.700. The smallest absolute Gasteiger partial charge is 0.481 e. The maximum atomic E-state index is 10.6. The molecule has 98 valence electrons. The molecule has 1 atom stereocenters. The van der Waals surface area contributed by atoms with Gasteiger partial charge in [-0.2, -0.15) is 0 Å². The van der Waals surface area contributed by atoms with E-state index in [2.05, 4.69) is 9.47 Å². The molecule has 1 fully saturated rings. The molecule has 1 aliphatic rings. The van der Waals surface area contributed by atoms with Gasteiger partial charge in [-0.05, 0) is 0 Å². The van der Waals surface area contributed by atoms with Crippen molar-refractivity contribution in [2.24, 2.45) is 0 Å². The second-order valence-corrected chi connectivity index (χ2v) is 3.08. The third kappa shape index (κ3) is 8.06. The molecule has 0 saturated carbocycles. The topological polar surface area (TPSA) is 99.1 Å². The number of carbonyl (C=O) groups is 3. The zero-order valence-electron chi connectivity index (χ0n) is 9.80. The van der Waals surface area contributed by atoms with E-state index in [4.69, 9.17) is 9.84 Å². The first kappa shape index (κ1) is 15.2. The molecule has 0 bridgehead atoms. The largest absolute Gasteiger partial charge is 0.508 e. The van der Waals surface area contributed by atoms with Gasteiger partial charge in [-0.15, -0.1) is 0 Å².